The number of carbonyl (C=O) groups excluding carboxylic acids is 2. The zero-order valence-corrected chi connectivity index (χ0v) is 14.6. The first-order valence-corrected chi connectivity index (χ1v) is 8.98. The summed E-state index contributed by atoms with van der Waals surface area (Å²) in [6.07, 6.45) is 0.553. The number of likely N-dealkylation sites (tertiary alicyclic amines) is 1. The third kappa shape index (κ3) is 4.54. The molecule has 1 aromatic rings. The molecule has 1 aliphatic heterocycles. The van der Waals surface area contributed by atoms with Crippen molar-refractivity contribution in [2.45, 2.75) is 46.1 Å². The minimum absolute atomic E-state index is 0.0461. The fourth-order valence-corrected chi connectivity index (χ4v) is 3.97. The Bertz CT molecular complexity index is 534. The van der Waals surface area contributed by atoms with Crippen LogP contribution in [0.3, 0.4) is 0 Å². The molecule has 1 aromatic heterocycles. The predicted molar refractivity (Wildman–Crippen MR) is 87.5 cm³/mol. The highest BCUT2D eigenvalue weighted by Crippen LogP contribution is 2.27. The highest BCUT2D eigenvalue weighted by Gasteiger charge is 2.30. The molecule has 6 heteroatoms. The van der Waals surface area contributed by atoms with Crippen molar-refractivity contribution in [3.63, 3.8) is 0 Å². The number of nitrogens with zero attached hydrogens (tertiary/aromatic N) is 2. The topological polar surface area (TPSA) is 50.3 Å². The molecule has 1 saturated heterocycles. The van der Waals surface area contributed by atoms with E-state index in [1.165, 1.54) is 11.8 Å². The first-order valence-electron chi connectivity index (χ1n) is 7.11. The highest BCUT2D eigenvalue weighted by molar-refractivity contribution is 8.13. The minimum atomic E-state index is 0.0461. The molecule has 1 unspecified atom stereocenters. The Morgan fingerprint density at radius 3 is 2.81 bits per heavy atom. The number of thiazole rings is 1. The molecule has 21 heavy (non-hydrogen) atoms. The van der Waals surface area contributed by atoms with Gasteiger partial charge in [-0.3, -0.25) is 9.59 Å². The molecular formula is C15H22N2O2S2. The summed E-state index contributed by atoms with van der Waals surface area (Å²) in [6.45, 7) is 9.33. The Morgan fingerprint density at radius 2 is 2.24 bits per heavy atom. The summed E-state index contributed by atoms with van der Waals surface area (Å²) < 4.78 is 0. The minimum Gasteiger partial charge on any atom is -0.336 e. The van der Waals surface area contributed by atoms with Gasteiger partial charge in [-0.15, -0.1) is 11.3 Å². The lowest BCUT2D eigenvalue weighted by Crippen LogP contribution is -2.25. The van der Waals surface area contributed by atoms with Gasteiger partial charge in [0.2, 0.25) is 5.91 Å². The van der Waals surface area contributed by atoms with Crippen LogP contribution in [0, 0.1) is 5.92 Å². The van der Waals surface area contributed by atoms with Gasteiger partial charge in [0, 0.05) is 36.4 Å². The summed E-state index contributed by atoms with van der Waals surface area (Å²) >= 11 is 2.94. The molecule has 4 nitrogen and oxygen atoms in total. The summed E-state index contributed by atoms with van der Waals surface area (Å²) in [5.41, 5.74) is 1.13. The summed E-state index contributed by atoms with van der Waals surface area (Å²) in [5.74, 6) is 1.20. The van der Waals surface area contributed by atoms with Crippen LogP contribution in [0.5, 0.6) is 0 Å². The molecule has 2 rings (SSSR count). The van der Waals surface area contributed by atoms with Gasteiger partial charge in [0.15, 0.2) is 5.12 Å². The van der Waals surface area contributed by atoms with Crippen molar-refractivity contribution >= 4 is 34.1 Å². The molecule has 0 aromatic carbocycles. The first kappa shape index (κ1) is 16.5. The fraction of sp³-hybridized carbons (Fsp3) is 0.667. The second-order valence-corrected chi connectivity index (χ2v) is 8.66. The zero-order valence-electron chi connectivity index (χ0n) is 13.0. The number of amides is 1. The van der Waals surface area contributed by atoms with Gasteiger partial charge in [0.25, 0.3) is 0 Å². The molecule has 1 amide bonds. The van der Waals surface area contributed by atoms with Gasteiger partial charge in [-0.1, -0.05) is 32.5 Å². The van der Waals surface area contributed by atoms with Crippen LogP contribution in [-0.4, -0.2) is 33.2 Å². The Hall–Kier alpha value is -0.880. The van der Waals surface area contributed by atoms with E-state index >= 15 is 0 Å². The van der Waals surface area contributed by atoms with Gasteiger partial charge in [0.1, 0.15) is 5.01 Å². The van der Waals surface area contributed by atoms with E-state index in [1.54, 1.807) is 18.3 Å². The van der Waals surface area contributed by atoms with E-state index in [-0.39, 0.29) is 22.4 Å². The summed E-state index contributed by atoms with van der Waals surface area (Å²) in [4.78, 5) is 29.6. The molecule has 1 aliphatic rings. The maximum absolute atomic E-state index is 12.0. The Kier molecular flexibility index (Phi) is 5.09. The van der Waals surface area contributed by atoms with Crippen LogP contribution in [0.2, 0.25) is 0 Å². The second kappa shape index (κ2) is 6.48. The van der Waals surface area contributed by atoms with Crippen LogP contribution in [0.25, 0.3) is 0 Å². The largest absolute Gasteiger partial charge is 0.336 e. The number of rotatable bonds is 4. The average Bonchev–Trinajstić information content (AvgIpc) is 2.95. The molecule has 0 bridgehead atoms. The number of hydrogen-bond donors (Lipinski definition) is 0. The lowest BCUT2D eigenvalue weighted by atomic mass is 9.93. The van der Waals surface area contributed by atoms with Crippen molar-refractivity contribution in [1.82, 2.24) is 9.88 Å². The van der Waals surface area contributed by atoms with Crippen LogP contribution in [0.15, 0.2) is 5.38 Å². The van der Waals surface area contributed by atoms with Gasteiger partial charge in [-0.25, -0.2) is 4.98 Å². The molecule has 2 heterocycles. The van der Waals surface area contributed by atoms with E-state index in [0.717, 1.165) is 23.0 Å². The van der Waals surface area contributed by atoms with Crippen molar-refractivity contribution in [3.8, 4) is 0 Å². The standard InChI is InChI=1S/C15H22N2O2S2/c1-10(18)20-8-11-5-14(19)17(6-11)7-13-16-12(9-21-13)15(2,3)4/h9,11H,5-8H2,1-4H3. The smallest absolute Gasteiger partial charge is 0.223 e. The molecule has 0 N–H and O–H groups in total. The van der Waals surface area contributed by atoms with E-state index in [9.17, 15) is 9.59 Å². The van der Waals surface area contributed by atoms with Gasteiger partial charge in [0.05, 0.1) is 12.2 Å². The number of aromatic nitrogens is 1. The lowest BCUT2D eigenvalue weighted by molar-refractivity contribution is -0.128. The second-order valence-electron chi connectivity index (χ2n) is 6.52. The monoisotopic (exact) mass is 326 g/mol. The van der Waals surface area contributed by atoms with Gasteiger partial charge in [-0.05, 0) is 5.92 Å². The molecule has 0 radical (unpaired) electrons. The van der Waals surface area contributed by atoms with Crippen LogP contribution in [0.4, 0.5) is 0 Å². The van der Waals surface area contributed by atoms with Gasteiger partial charge in [-0.2, -0.15) is 0 Å². The van der Waals surface area contributed by atoms with Crippen LogP contribution < -0.4 is 0 Å². The Morgan fingerprint density at radius 1 is 1.52 bits per heavy atom. The summed E-state index contributed by atoms with van der Waals surface area (Å²) in [6, 6.07) is 0. The maximum atomic E-state index is 12.0. The lowest BCUT2D eigenvalue weighted by Gasteiger charge is -2.16. The van der Waals surface area contributed by atoms with Crippen LogP contribution in [0.1, 0.15) is 44.8 Å². The fourth-order valence-electron chi connectivity index (χ4n) is 2.24. The molecule has 0 spiro atoms. The van der Waals surface area contributed by atoms with Crippen LogP contribution >= 0.6 is 23.1 Å². The van der Waals surface area contributed by atoms with Gasteiger partial charge >= 0.3 is 0 Å². The number of thioether (sulfide) groups is 1. The van der Waals surface area contributed by atoms with E-state index in [0.29, 0.717) is 13.0 Å². The van der Waals surface area contributed by atoms with Crippen molar-refractivity contribution in [1.29, 1.82) is 0 Å². The van der Waals surface area contributed by atoms with E-state index in [4.69, 9.17) is 0 Å². The van der Waals surface area contributed by atoms with E-state index < -0.39 is 0 Å². The van der Waals surface area contributed by atoms with E-state index in [2.05, 4.69) is 31.1 Å². The number of hydrogen-bond acceptors (Lipinski definition) is 5. The molecule has 0 aliphatic carbocycles. The summed E-state index contributed by atoms with van der Waals surface area (Å²) in [7, 11) is 0. The van der Waals surface area contributed by atoms with Crippen molar-refractivity contribution in [3.05, 3.63) is 16.1 Å². The van der Waals surface area contributed by atoms with Gasteiger partial charge < -0.3 is 4.90 Å². The zero-order chi connectivity index (χ0) is 15.6. The van der Waals surface area contributed by atoms with Crippen molar-refractivity contribution in [2.24, 2.45) is 5.92 Å². The molecule has 0 saturated carbocycles. The summed E-state index contributed by atoms with van der Waals surface area (Å²) in [5, 5.41) is 3.20. The highest BCUT2D eigenvalue weighted by atomic mass is 32.2. The predicted octanol–water partition coefficient (Wildman–Crippen LogP) is 3.07. The van der Waals surface area contributed by atoms with Crippen LogP contribution in [-0.2, 0) is 21.5 Å². The Labute approximate surface area is 134 Å². The Balaban J connectivity index is 1.92. The normalized spacial score (nSPS) is 19.3. The molecule has 1 fully saturated rings. The SMILES string of the molecule is CC(=O)SCC1CC(=O)N(Cc2nc(C(C)(C)C)cs2)C1. The number of carbonyl (C=O) groups is 2. The third-order valence-corrected chi connectivity index (χ3v) is 5.34. The molecule has 116 valence electrons. The van der Waals surface area contributed by atoms with E-state index in [1.807, 2.05) is 4.90 Å². The molecule has 1 atom stereocenters. The maximum Gasteiger partial charge on any atom is 0.223 e. The quantitative estimate of drug-likeness (QED) is 0.853. The first-order chi connectivity index (χ1) is 9.75. The molecular weight excluding hydrogens is 304 g/mol. The third-order valence-electron chi connectivity index (χ3n) is 3.46. The average molecular weight is 326 g/mol. The van der Waals surface area contributed by atoms with Crippen molar-refractivity contribution < 1.29 is 9.59 Å². The van der Waals surface area contributed by atoms with Crippen molar-refractivity contribution in [2.75, 3.05) is 12.3 Å².